The third kappa shape index (κ3) is 7.34. The summed E-state index contributed by atoms with van der Waals surface area (Å²) in [6.07, 6.45) is 2.85. The van der Waals surface area contributed by atoms with Crippen LogP contribution in [0.15, 0.2) is 30.3 Å². The Morgan fingerprint density at radius 2 is 2.04 bits per heavy atom. The minimum absolute atomic E-state index is 0. The van der Waals surface area contributed by atoms with E-state index in [0.29, 0.717) is 31.3 Å². The van der Waals surface area contributed by atoms with Crippen LogP contribution in [-0.4, -0.2) is 42.9 Å². The SMILES string of the molecule is CCN(Cc1ccccc1)C(=O)CNC(=O)CC(C)C1CCCNC1.Cl. The summed E-state index contributed by atoms with van der Waals surface area (Å²) in [6, 6.07) is 9.92. The fraction of sp³-hybridized carbons (Fsp3) is 0.600. The molecule has 1 aliphatic rings. The highest BCUT2D eigenvalue weighted by Crippen LogP contribution is 2.22. The second-order valence-electron chi connectivity index (χ2n) is 6.96. The fourth-order valence-electron chi connectivity index (χ4n) is 3.36. The van der Waals surface area contributed by atoms with Crippen molar-refractivity contribution in [3.63, 3.8) is 0 Å². The third-order valence-corrected chi connectivity index (χ3v) is 5.03. The Labute approximate surface area is 163 Å². The lowest BCUT2D eigenvalue weighted by Gasteiger charge is -2.28. The molecule has 1 aromatic carbocycles. The molecule has 1 saturated heterocycles. The minimum atomic E-state index is -0.0355. The van der Waals surface area contributed by atoms with E-state index in [-0.39, 0.29) is 30.8 Å². The van der Waals surface area contributed by atoms with E-state index in [1.807, 2.05) is 37.3 Å². The highest BCUT2D eigenvalue weighted by Gasteiger charge is 2.22. The molecule has 1 heterocycles. The number of carbonyl (C=O) groups excluding carboxylic acids is 2. The number of halogens is 1. The molecule has 2 unspecified atom stereocenters. The molecule has 0 saturated carbocycles. The monoisotopic (exact) mass is 381 g/mol. The molecule has 2 atom stereocenters. The Kier molecular flexibility index (Phi) is 10.3. The predicted octanol–water partition coefficient (Wildman–Crippen LogP) is 2.60. The molecule has 2 N–H and O–H groups in total. The van der Waals surface area contributed by atoms with Gasteiger partial charge in [-0.05, 0) is 50.3 Å². The molecule has 2 amide bonds. The molecule has 1 aromatic rings. The molecule has 1 aliphatic heterocycles. The molecule has 0 aliphatic carbocycles. The van der Waals surface area contributed by atoms with Crippen LogP contribution < -0.4 is 10.6 Å². The van der Waals surface area contributed by atoms with Gasteiger partial charge in [0.15, 0.2) is 0 Å². The average molecular weight is 382 g/mol. The zero-order valence-electron chi connectivity index (χ0n) is 15.9. The van der Waals surface area contributed by atoms with Gasteiger partial charge in [-0.25, -0.2) is 0 Å². The lowest BCUT2D eigenvalue weighted by Crippen LogP contribution is -2.41. The Bertz CT molecular complexity index is 547. The topological polar surface area (TPSA) is 61.4 Å². The largest absolute Gasteiger partial charge is 0.347 e. The standard InChI is InChI=1S/C20H31N3O2.ClH/c1-3-23(15-17-8-5-4-6-9-17)20(25)14-22-19(24)12-16(2)18-10-7-11-21-13-18;/h4-6,8-9,16,18,21H,3,7,10-15H2,1-2H3,(H,22,24);1H. The summed E-state index contributed by atoms with van der Waals surface area (Å²) in [4.78, 5) is 26.3. The van der Waals surface area contributed by atoms with Gasteiger partial charge in [-0.1, -0.05) is 37.3 Å². The first-order valence-corrected chi connectivity index (χ1v) is 9.39. The third-order valence-electron chi connectivity index (χ3n) is 5.03. The molecule has 26 heavy (non-hydrogen) atoms. The van der Waals surface area contributed by atoms with Gasteiger partial charge in [0.1, 0.15) is 0 Å². The van der Waals surface area contributed by atoms with Gasteiger partial charge in [0.05, 0.1) is 6.54 Å². The van der Waals surface area contributed by atoms with Gasteiger partial charge in [0.2, 0.25) is 11.8 Å². The van der Waals surface area contributed by atoms with Gasteiger partial charge in [-0.15, -0.1) is 12.4 Å². The smallest absolute Gasteiger partial charge is 0.242 e. The number of benzene rings is 1. The van der Waals surface area contributed by atoms with Gasteiger partial charge in [-0.2, -0.15) is 0 Å². The number of hydrogen-bond donors (Lipinski definition) is 2. The number of nitrogens with one attached hydrogen (secondary N) is 2. The molecule has 6 heteroatoms. The zero-order valence-corrected chi connectivity index (χ0v) is 16.7. The maximum absolute atomic E-state index is 12.4. The molecule has 146 valence electrons. The molecule has 2 rings (SSSR count). The number of rotatable bonds is 8. The number of nitrogens with zero attached hydrogens (tertiary/aromatic N) is 1. The van der Waals surface area contributed by atoms with Gasteiger partial charge in [0.25, 0.3) is 0 Å². The molecular weight excluding hydrogens is 350 g/mol. The summed E-state index contributed by atoms with van der Waals surface area (Å²) in [7, 11) is 0. The Morgan fingerprint density at radius 3 is 2.65 bits per heavy atom. The van der Waals surface area contributed by atoms with E-state index in [1.165, 1.54) is 12.8 Å². The summed E-state index contributed by atoms with van der Waals surface area (Å²) < 4.78 is 0. The quantitative estimate of drug-likeness (QED) is 0.727. The number of carbonyl (C=O) groups is 2. The van der Waals surface area contributed by atoms with Crippen molar-refractivity contribution in [2.75, 3.05) is 26.2 Å². The maximum Gasteiger partial charge on any atom is 0.242 e. The van der Waals surface area contributed by atoms with Crippen molar-refractivity contribution in [1.29, 1.82) is 0 Å². The van der Waals surface area contributed by atoms with E-state index >= 15 is 0 Å². The van der Waals surface area contributed by atoms with Crippen molar-refractivity contribution in [2.24, 2.45) is 11.8 Å². The first-order valence-electron chi connectivity index (χ1n) is 9.39. The summed E-state index contributed by atoms with van der Waals surface area (Å²) in [5.41, 5.74) is 1.10. The average Bonchev–Trinajstić information content (AvgIpc) is 2.65. The summed E-state index contributed by atoms with van der Waals surface area (Å²) in [6.45, 7) is 7.46. The summed E-state index contributed by atoms with van der Waals surface area (Å²) in [5.74, 6) is 0.837. The van der Waals surface area contributed by atoms with Gasteiger partial charge in [0, 0.05) is 19.5 Å². The highest BCUT2D eigenvalue weighted by atomic mass is 35.5. The van der Waals surface area contributed by atoms with Crippen molar-refractivity contribution in [3.8, 4) is 0 Å². The molecule has 0 aromatic heterocycles. The van der Waals surface area contributed by atoms with Crippen molar-refractivity contribution in [1.82, 2.24) is 15.5 Å². The van der Waals surface area contributed by atoms with Crippen LogP contribution in [0, 0.1) is 11.8 Å². The van der Waals surface area contributed by atoms with Gasteiger partial charge < -0.3 is 15.5 Å². The van der Waals surface area contributed by atoms with E-state index in [9.17, 15) is 9.59 Å². The van der Waals surface area contributed by atoms with Crippen LogP contribution in [-0.2, 0) is 16.1 Å². The number of hydrogen-bond acceptors (Lipinski definition) is 3. The second-order valence-corrected chi connectivity index (χ2v) is 6.96. The first-order chi connectivity index (χ1) is 12.1. The first kappa shape index (κ1) is 22.5. The predicted molar refractivity (Wildman–Crippen MR) is 107 cm³/mol. The van der Waals surface area contributed by atoms with Crippen LogP contribution in [0.3, 0.4) is 0 Å². The fourth-order valence-corrected chi connectivity index (χ4v) is 3.36. The summed E-state index contributed by atoms with van der Waals surface area (Å²) in [5, 5.41) is 6.19. The van der Waals surface area contributed by atoms with Crippen LogP contribution >= 0.6 is 12.4 Å². The van der Waals surface area contributed by atoms with Crippen molar-refractivity contribution in [2.45, 2.75) is 39.7 Å². The van der Waals surface area contributed by atoms with Crippen molar-refractivity contribution in [3.05, 3.63) is 35.9 Å². The van der Waals surface area contributed by atoms with E-state index in [2.05, 4.69) is 17.6 Å². The molecule has 0 radical (unpaired) electrons. The van der Waals surface area contributed by atoms with Crippen LogP contribution in [0.4, 0.5) is 0 Å². The Balaban J connectivity index is 0.00000338. The highest BCUT2D eigenvalue weighted by molar-refractivity contribution is 5.85. The maximum atomic E-state index is 12.4. The lowest BCUT2D eigenvalue weighted by atomic mass is 9.85. The molecular formula is C20H32ClN3O2. The summed E-state index contributed by atoms with van der Waals surface area (Å²) >= 11 is 0. The van der Waals surface area contributed by atoms with E-state index in [4.69, 9.17) is 0 Å². The van der Waals surface area contributed by atoms with Crippen LogP contribution in [0.5, 0.6) is 0 Å². The van der Waals surface area contributed by atoms with E-state index in [0.717, 1.165) is 18.7 Å². The Hall–Kier alpha value is -1.59. The normalized spacial score (nSPS) is 17.7. The zero-order chi connectivity index (χ0) is 18.1. The number of likely N-dealkylation sites (N-methyl/N-ethyl adjacent to an activating group) is 1. The van der Waals surface area contributed by atoms with Crippen LogP contribution in [0.25, 0.3) is 0 Å². The molecule has 1 fully saturated rings. The van der Waals surface area contributed by atoms with Crippen LogP contribution in [0.1, 0.15) is 38.7 Å². The van der Waals surface area contributed by atoms with Gasteiger partial charge >= 0.3 is 0 Å². The number of amides is 2. The van der Waals surface area contributed by atoms with E-state index in [1.54, 1.807) is 4.90 Å². The van der Waals surface area contributed by atoms with Crippen molar-refractivity contribution >= 4 is 24.2 Å². The molecule has 0 bridgehead atoms. The molecule has 0 spiro atoms. The van der Waals surface area contributed by atoms with E-state index < -0.39 is 0 Å². The number of piperidine rings is 1. The van der Waals surface area contributed by atoms with Gasteiger partial charge in [-0.3, -0.25) is 9.59 Å². The lowest BCUT2D eigenvalue weighted by molar-refractivity contribution is -0.133. The van der Waals surface area contributed by atoms with Crippen molar-refractivity contribution < 1.29 is 9.59 Å². The van der Waals surface area contributed by atoms with Crippen LogP contribution in [0.2, 0.25) is 0 Å². The minimum Gasteiger partial charge on any atom is -0.347 e. The Morgan fingerprint density at radius 1 is 1.31 bits per heavy atom. The molecule has 5 nitrogen and oxygen atoms in total. The second kappa shape index (κ2) is 11.9.